The zero-order valence-electron chi connectivity index (χ0n) is 10.1. The Bertz CT molecular complexity index is 307. The van der Waals surface area contributed by atoms with Crippen LogP contribution < -0.4 is 10.1 Å². The van der Waals surface area contributed by atoms with Gasteiger partial charge in [0, 0.05) is 7.05 Å². The van der Waals surface area contributed by atoms with Gasteiger partial charge in [-0.25, -0.2) is 0 Å². The van der Waals surface area contributed by atoms with E-state index in [0.717, 1.165) is 24.5 Å². The Kier molecular flexibility index (Phi) is 4.47. The molecule has 0 saturated heterocycles. The van der Waals surface area contributed by atoms with Gasteiger partial charge in [0.15, 0.2) is 0 Å². The van der Waals surface area contributed by atoms with Crippen LogP contribution in [0.25, 0.3) is 0 Å². The van der Waals surface area contributed by atoms with Gasteiger partial charge in [-0.3, -0.25) is 0 Å². The molecule has 0 amide bonds. The van der Waals surface area contributed by atoms with Crippen LogP contribution in [-0.4, -0.2) is 13.7 Å². The van der Waals surface area contributed by atoms with E-state index in [1.807, 2.05) is 13.1 Å². The summed E-state index contributed by atoms with van der Waals surface area (Å²) in [5.41, 5.74) is 2.31. The van der Waals surface area contributed by atoms with E-state index in [0.29, 0.717) is 5.92 Å². The van der Waals surface area contributed by atoms with Crippen molar-refractivity contribution in [2.24, 2.45) is 5.92 Å². The summed E-state index contributed by atoms with van der Waals surface area (Å²) in [6.45, 7) is 7.28. The molecule has 0 fully saturated rings. The molecule has 84 valence electrons. The highest BCUT2D eigenvalue weighted by Crippen LogP contribution is 2.25. The predicted molar refractivity (Wildman–Crippen MR) is 65.7 cm³/mol. The summed E-state index contributed by atoms with van der Waals surface area (Å²) >= 11 is 0. The lowest BCUT2D eigenvalue weighted by atomic mass is 10.1. The average Bonchev–Trinajstić information content (AvgIpc) is 2.19. The smallest absolute Gasteiger partial charge is 0.142 e. The van der Waals surface area contributed by atoms with E-state index in [-0.39, 0.29) is 0 Å². The summed E-state index contributed by atoms with van der Waals surface area (Å²) < 4.78 is 5.73. The molecule has 0 bridgehead atoms. The second kappa shape index (κ2) is 5.64. The molecule has 0 aromatic heterocycles. The lowest BCUT2D eigenvalue weighted by molar-refractivity contribution is 0.291. The maximum atomic E-state index is 5.73. The third-order valence-corrected chi connectivity index (χ3v) is 2.36. The van der Waals surface area contributed by atoms with Gasteiger partial charge >= 0.3 is 0 Å². The minimum atomic E-state index is 0.688. The lowest BCUT2D eigenvalue weighted by Gasteiger charge is -2.12. The van der Waals surface area contributed by atoms with Crippen molar-refractivity contribution in [1.82, 2.24) is 0 Å². The minimum absolute atomic E-state index is 0.688. The molecule has 1 aromatic carbocycles. The van der Waals surface area contributed by atoms with Crippen LogP contribution in [0.4, 0.5) is 5.69 Å². The summed E-state index contributed by atoms with van der Waals surface area (Å²) in [5.74, 6) is 1.64. The normalized spacial score (nSPS) is 10.5. The van der Waals surface area contributed by atoms with Crippen molar-refractivity contribution in [3.63, 3.8) is 0 Å². The second-order valence-electron chi connectivity index (χ2n) is 4.28. The summed E-state index contributed by atoms with van der Waals surface area (Å²) in [6, 6.07) is 6.21. The maximum Gasteiger partial charge on any atom is 0.142 e. The molecule has 0 heterocycles. The molecule has 0 unspecified atom stereocenters. The molecule has 2 nitrogen and oxygen atoms in total. The number of hydrogen-bond acceptors (Lipinski definition) is 2. The Hall–Kier alpha value is -1.18. The zero-order valence-corrected chi connectivity index (χ0v) is 10.1. The zero-order chi connectivity index (χ0) is 11.3. The third-order valence-electron chi connectivity index (χ3n) is 2.36. The Morgan fingerprint density at radius 2 is 2.07 bits per heavy atom. The standard InChI is InChI=1S/C13H21NO/c1-10(2)7-8-15-13-6-5-11(3)9-12(13)14-4/h5-6,9-10,14H,7-8H2,1-4H3. The number of rotatable bonds is 5. The fourth-order valence-corrected chi connectivity index (χ4v) is 1.37. The second-order valence-corrected chi connectivity index (χ2v) is 4.28. The highest BCUT2D eigenvalue weighted by molar-refractivity contribution is 5.57. The number of anilines is 1. The van der Waals surface area contributed by atoms with Gasteiger partial charge in [0.1, 0.15) is 5.75 Å². The molecule has 0 spiro atoms. The maximum absolute atomic E-state index is 5.73. The molecule has 1 aromatic rings. The van der Waals surface area contributed by atoms with Crippen molar-refractivity contribution >= 4 is 5.69 Å². The predicted octanol–water partition coefficient (Wildman–Crippen LogP) is 3.46. The Morgan fingerprint density at radius 1 is 1.33 bits per heavy atom. The van der Waals surface area contributed by atoms with E-state index < -0.39 is 0 Å². The number of ether oxygens (including phenoxy) is 1. The quantitative estimate of drug-likeness (QED) is 0.798. The number of nitrogens with one attached hydrogen (secondary N) is 1. The molecule has 0 aliphatic rings. The summed E-state index contributed by atoms with van der Waals surface area (Å²) in [6.07, 6.45) is 1.09. The van der Waals surface area contributed by atoms with E-state index in [2.05, 4.69) is 38.2 Å². The molecule has 0 radical (unpaired) electrons. The summed E-state index contributed by atoms with van der Waals surface area (Å²) in [7, 11) is 1.92. The van der Waals surface area contributed by atoms with E-state index >= 15 is 0 Å². The first-order valence-corrected chi connectivity index (χ1v) is 5.54. The van der Waals surface area contributed by atoms with Crippen LogP contribution in [-0.2, 0) is 0 Å². The molecule has 0 aliphatic carbocycles. The fourth-order valence-electron chi connectivity index (χ4n) is 1.37. The van der Waals surface area contributed by atoms with E-state index in [1.165, 1.54) is 5.56 Å². The van der Waals surface area contributed by atoms with Crippen LogP contribution in [0.5, 0.6) is 5.75 Å². The van der Waals surface area contributed by atoms with Gasteiger partial charge in [0.05, 0.1) is 12.3 Å². The third kappa shape index (κ3) is 3.82. The monoisotopic (exact) mass is 207 g/mol. The van der Waals surface area contributed by atoms with E-state index in [9.17, 15) is 0 Å². The number of benzene rings is 1. The van der Waals surface area contributed by atoms with Crippen LogP contribution >= 0.6 is 0 Å². The average molecular weight is 207 g/mol. The van der Waals surface area contributed by atoms with Crippen molar-refractivity contribution in [3.05, 3.63) is 23.8 Å². The van der Waals surface area contributed by atoms with Crippen LogP contribution in [0, 0.1) is 12.8 Å². The molecule has 0 atom stereocenters. The van der Waals surface area contributed by atoms with Gasteiger partial charge in [-0.15, -0.1) is 0 Å². The summed E-state index contributed by atoms with van der Waals surface area (Å²) in [4.78, 5) is 0. The van der Waals surface area contributed by atoms with Gasteiger partial charge in [-0.2, -0.15) is 0 Å². The lowest BCUT2D eigenvalue weighted by Crippen LogP contribution is -2.03. The molecule has 1 N–H and O–H groups in total. The highest BCUT2D eigenvalue weighted by Gasteiger charge is 2.02. The molecule has 1 rings (SSSR count). The van der Waals surface area contributed by atoms with Crippen molar-refractivity contribution in [3.8, 4) is 5.75 Å². The largest absolute Gasteiger partial charge is 0.491 e. The minimum Gasteiger partial charge on any atom is -0.491 e. The molecule has 0 aliphatic heterocycles. The van der Waals surface area contributed by atoms with Crippen LogP contribution in [0.1, 0.15) is 25.8 Å². The van der Waals surface area contributed by atoms with Gasteiger partial charge in [0.2, 0.25) is 0 Å². The van der Waals surface area contributed by atoms with Gasteiger partial charge < -0.3 is 10.1 Å². The Balaban J connectivity index is 2.60. The van der Waals surface area contributed by atoms with Crippen molar-refractivity contribution < 1.29 is 4.74 Å². The Labute approximate surface area is 92.6 Å². The first-order valence-electron chi connectivity index (χ1n) is 5.54. The summed E-state index contributed by atoms with van der Waals surface area (Å²) in [5, 5.41) is 3.15. The molecular weight excluding hydrogens is 186 g/mol. The van der Waals surface area contributed by atoms with Gasteiger partial charge in [-0.1, -0.05) is 19.9 Å². The number of hydrogen-bond donors (Lipinski definition) is 1. The topological polar surface area (TPSA) is 21.3 Å². The first kappa shape index (κ1) is 11.9. The first-order chi connectivity index (χ1) is 7.13. The van der Waals surface area contributed by atoms with Crippen LogP contribution in [0.15, 0.2) is 18.2 Å². The van der Waals surface area contributed by atoms with E-state index in [4.69, 9.17) is 4.74 Å². The van der Waals surface area contributed by atoms with E-state index in [1.54, 1.807) is 0 Å². The SMILES string of the molecule is CNc1cc(C)ccc1OCCC(C)C. The molecule has 0 saturated carbocycles. The number of aryl methyl sites for hydroxylation is 1. The van der Waals surface area contributed by atoms with Crippen LogP contribution in [0.2, 0.25) is 0 Å². The van der Waals surface area contributed by atoms with Crippen molar-refractivity contribution in [1.29, 1.82) is 0 Å². The van der Waals surface area contributed by atoms with Crippen molar-refractivity contribution in [2.75, 3.05) is 19.0 Å². The molecular formula is C13H21NO. The van der Waals surface area contributed by atoms with Gasteiger partial charge in [0.25, 0.3) is 0 Å². The Morgan fingerprint density at radius 3 is 2.67 bits per heavy atom. The van der Waals surface area contributed by atoms with Crippen molar-refractivity contribution in [2.45, 2.75) is 27.2 Å². The van der Waals surface area contributed by atoms with Crippen LogP contribution in [0.3, 0.4) is 0 Å². The molecule has 15 heavy (non-hydrogen) atoms. The van der Waals surface area contributed by atoms with Gasteiger partial charge in [-0.05, 0) is 37.0 Å². The fraction of sp³-hybridized carbons (Fsp3) is 0.538. The molecule has 2 heteroatoms. The highest BCUT2D eigenvalue weighted by atomic mass is 16.5.